The maximum absolute atomic E-state index is 10.1. The molecule has 0 amide bonds. The SMILES string of the molecule is O=[N+]([O-])[13c]1[13cH][13cH][13cH][13cH][13c]1O. The van der Waals surface area contributed by atoms with E-state index in [0.717, 1.165) is 0 Å². The van der Waals surface area contributed by atoms with Crippen molar-refractivity contribution >= 4 is 5.69 Å². The number of nitro groups is 1. The first-order chi connectivity index (χ1) is 4.72. The third-order valence-corrected chi connectivity index (χ3v) is 1.08. The van der Waals surface area contributed by atoms with E-state index in [2.05, 4.69) is 0 Å². The summed E-state index contributed by atoms with van der Waals surface area (Å²) in [7, 11) is 0. The van der Waals surface area contributed by atoms with Crippen LogP contribution < -0.4 is 0 Å². The third-order valence-electron chi connectivity index (χ3n) is 1.08. The molecule has 0 saturated heterocycles. The lowest BCUT2D eigenvalue weighted by Crippen LogP contribution is -1.86. The summed E-state index contributed by atoms with van der Waals surface area (Å²) in [6.45, 7) is 0. The van der Waals surface area contributed by atoms with E-state index in [0.29, 0.717) is 0 Å². The summed E-state index contributed by atoms with van der Waals surface area (Å²) in [5.41, 5.74) is -0.262. The molecule has 0 spiro atoms. The van der Waals surface area contributed by atoms with Crippen LogP contribution in [-0.2, 0) is 0 Å². The lowest BCUT2D eigenvalue weighted by molar-refractivity contribution is -0.385. The van der Waals surface area contributed by atoms with Crippen molar-refractivity contribution in [1.82, 2.24) is 0 Å². The Morgan fingerprint density at radius 3 is 2.40 bits per heavy atom. The van der Waals surface area contributed by atoms with Crippen molar-refractivity contribution in [2.24, 2.45) is 0 Å². The minimum atomic E-state index is -0.630. The van der Waals surface area contributed by atoms with E-state index in [1.165, 1.54) is 24.3 Å². The van der Waals surface area contributed by atoms with Crippen LogP contribution in [-0.4, -0.2) is 10.0 Å². The van der Waals surface area contributed by atoms with Gasteiger partial charge in [-0.25, -0.2) is 0 Å². The summed E-state index contributed by atoms with van der Waals surface area (Å²) in [4.78, 5) is 9.44. The molecule has 10 heavy (non-hydrogen) atoms. The molecule has 0 bridgehead atoms. The van der Waals surface area contributed by atoms with Crippen molar-refractivity contribution in [2.45, 2.75) is 0 Å². The van der Waals surface area contributed by atoms with Gasteiger partial charge in [0.05, 0.1) is 4.92 Å². The highest BCUT2D eigenvalue weighted by molar-refractivity contribution is 5.44. The zero-order valence-corrected chi connectivity index (χ0v) is 5.02. The summed E-state index contributed by atoms with van der Waals surface area (Å²) in [6, 6.07) is 5.55. The lowest BCUT2D eigenvalue weighted by Gasteiger charge is -1.91. The van der Waals surface area contributed by atoms with Gasteiger partial charge >= 0.3 is 5.69 Å². The van der Waals surface area contributed by atoms with Gasteiger partial charge in [-0.05, 0) is 6.07 Å². The fraction of sp³-hybridized carbons (Fsp3) is 0. The van der Waals surface area contributed by atoms with Crippen molar-refractivity contribution < 1.29 is 10.0 Å². The summed E-state index contributed by atoms with van der Waals surface area (Å²) in [6.07, 6.45) is 0. The first-order valence-electron chi connectivity index (χ1n) is 2.64. The highest BCUT2D eigenvalue weighted by Gasteiger charge is 2.09. The monoisotopic (exact) mass is 145 g/mol. The van der Waals surface area contributed by atoms with Crippen molar-refractivity contribution in [2.75, 3.05) is 0 Å². The maximum atomic E-state index is 10.1. The summed E-state index contributed by atoms with van der Waals surface area (Å²) < 4.78 is 0. The number of aromatic hydroxyl groups is 1. The second kappa shape index (κ2) is 2.34. The largest absolute Gasteiger partial charge is 0.502 e. The van der Waals surface area contributed by atoms with Gasteiger partial charge in [0.15, 0.2) is 5.75 Å². The molecule has 1 aromatic carbocycles. The number of hydrogen-bond donors (Lipinski definition) is 1. The summed E-state index contributed by atoms with van der Waals surface area (Å²) in [5.74, 6) is -0.299. The highest BCUT2D eigenvalue weighted by atomic mass is 16.6. The van der Waals surface area contributed by atoms with Gasteiger partial charge in [0, 0.05) is 6.07 Å². The van der Waals surface area contributed by atoms with Crippen LogP contribution in [0.4, 0.5) is 5.69 Å². The molecular formula is C6H5NO3. The minimum absolute atomic E-state index is 0.262. The average Bonchev–Trinajstić information content (AvgIpc) is 1.88. The third kappa shape index (κ3) is 1.05. The lowest BCUT2D eigenvalue weighted by atomic mass is 11.2. The topological polar surface area (TPSA) is 63.4 Å². The molecule has 0 aliphatic heterocycles. The number of rotatable bonds is 1. The molecule has 0 aromatic heterocycles. The van der Waals surface area contributed by atoms with Crippen LogP contribution in [0.15, 0.2) is 24.3 Å². The van der Waals surface area contributed by atoms with E-state index in [-0.39, 0.29) is 11.4 Å². The quantitative estimate of drug-likeness (QED) is 0.478. The zero-order valence-electron chi connectivity index (χ0n) is 5.02. The van der Waals surface area contributed by atoms with Crippen LogP contribution in [0.1, 0.15) is 0 Å². The van der Waals surface area contributed by atoms with Crippen molar-refractivity contribution in [1.29, 1.82) is 0 Å². The fourth-order valence-corrected chi connectivity index (χ4v) is 0.619. The molecule has 4 heteroatoms. The van der Waals surface area contributed by atoms with Crippen molar-refractivity contribution in [3.63, 3.8) is 0 Å². The van der Waals surface area contributed by atoms with Gasteiger partial charge in [0.25, 0.3) is 0 Å². The van der Waals surface area contributed by atoms with Crippen LogP contribution >= 0.6 is 0 Å². The Bertz CT molecular complexity index is 259. The Hall–Kier alpha value is -1.58. The maximum Gasteiger partial charge on any atom is 0.310 e. The predicted octanol–water partition coefficient (Wildman–Crippen LogP) is 1.30. The standard InChI is InChI=1S/C6H5NO3/c8-6-4-2-1-3-5(6)7(9)10/h1-4,8H/i1+1,2+1,3+1,4+1,5+1,6+1. The first-order valence-corrected chi connectivity index (χ1v) is 2.64. The summed E-state index contributed by atoms with van der Waals surface area (Å²) in [5, 5.41) is 18.9. The molecule has 4 nitrogen and oxygen atoms in total. The molecule has 0 aliphatic carbocycles. The smallest absolute Gasteiger partial charge is 0.310 e. The normalized spacial score (nSPS) is 9.20. The number of hydrogen-bond acceptors (Lipinski definition) is 3. The van der Waals surface area contributed by atoms with E-state index in [1.54, 1.807) is 0 Å². The average molecular weight is 145 g/mol. The van der Waals surface area contributed by atoms with E-state index < -0.39 is 4.92 Å². The molecule has 1 rings (SSSR count). The van der Waals surface area contributed by atoms with Gasteiger partial charge in [-0.3, -0.25) is 10.1 Å². The molecule has 0 fully saturated rings. The molecule has 0 unspecified atom stereocenters. The highest BCUT2D eigenvalue weighted by Crippen LogP contribution is 2.23. The molecule has 1 N–H and O–H groups in total. The first kappa shape index (κ1) is 6.54. The van der Waals surface area contributed by atoms with E-state index >= 15 is 0 Å². The van der Waals surface area contributed by atoms with Gasteiger partial charge in [-0.15, -0.1) is 0 Å². The number of nitrogens with zero attached hydrogens (tertiary/aromatic N) is 1. The Labute approximate surface area is 56.9 Å². The molecule has 0 heterocycles. The van der Waals surface area contributed by atoms with Gasteiger partial charge in [-0.2, -0.15) is 0 Å². The molecule has 0 saturated carbocycles. The number of para-hydroxylation sites is 2. The molecule has 1 aromatic rings. The zero-order chi connectivity index (χ0) is 7.56. The van der Waals surface area contributed by atoms with Crippen LogP contribution in [0.25, 0.3) is 0 Å². The van der Waals surface area contributed by atoms with Crippen molar-refractivity contribution in [3.8, 4) is 5.75 Å². The Balaban J connectivity index is 3.15. The Morgan fingerprint density at radius 1 is 1.40 bits per heavy atom. The fourth-order valence-electron chi connectivity index (χ4n) is 0.619. The molecule has 0 radical (unpaired) electrons. The van der Waals surface area contributed by atoms with Crippen LogP contribution in [0.3, 0.4) is 0 Å². The number of nitro benzene ring substituents is 1. The van der Waals surface area contributed by atoms with Crippen LogP contribution in [0, 0.1) is 10.1 Å². The molecule has 0 aliphatic rings. The van der Waals surface area contributed by atoms with Crippen molar-refractivity contribution in [3.05, 3.63) is 34.4 Å². The van der Waals surface area contributed by atoms with Gasteiger partial charge in [-0.1, -0.05) is 12.1 Å². The van der Waals surface area contributed by atoms with E-state index in [4.69, 9.17) is 5.11 Å². The molecule has 0 atom stereocenters. The molecular weight excluding hydrogens is 140 g/mol. The molecule has 52 valence electrons. The van der Waals surface area contributed by atoms with Crippen LogP contribution in [0.2, 0.25) is 0 Å². The van der Waals surface area contributed by atoms with E-state index in [9.17, 15) is 10.1 Å². The van der Waals surface area contributed by atoms with Gasteiger partial charge in [0.1, 0.15) is 0 Å². The van der Waals surface area contributed by atoms with Crippen LogP contribution in [0.5, 0.6) is 5.75 Å². The van der Waals surface area contributed by atoms with E-state index in [1.807, 2.05) is 0 Å². The number of phenols is 1. The van der Waals surface area contributed by atoms with Gasteiger partial charge < -0.3 is 5.11 Å². The van der Waals surface area contributed by atoms with Gasteiger partial charge in [0.2, 0.25) is 0 Å². The summed E-state index contributed by atoms with van der Waals surface area (Å²) >= 11 is 0. The number of phenolic OH excluding ortho intramolecular Hbond substituents is 1. The second-order valence-electron chi connectivity index (χ2n) is 1.75. The minimum Gasteiger partial charge on any atom is -0.502 e. The number of benzene rings is 1. The Kier molecular flexibility index (Phi) is 1.53. The predicted molar refractivity (Wildman–Crippen MR) is 34.8 cm³/mol. The Morgan fingerprint density at radius 2 is 2.00 bits per heavy atom. The second-order valence-corrected chi connectivity index (χ2v) is 1.75.